The first-order valence-corrected chi connectivity index (χ1v) is 10.4. The molecule has 0 aliphatic rings. The molecule has 1 N–H and O–H groups in total. The molecule has 0 amide bonds. The van der Waals surface area contributed by atoms with Crippen LogP contribution < -0.4 is 14.2 Å². The molecule has 0 bridgehead atoms. The second-order valence-electron chi connectivity index (χ2n) is 6.01. The summed E-state index contributed by atoms with van der Waals surface area (Å²) in [4.78, 5) is 0. The number of oxime groups is 1. The quantitative estimate of drug-likeness (QED) is 0.151. The zero-order valence-corrected chi connectivity index (χ0v) is 19.2. The molecule has 2 aromatic rings. The lowest BCUT2D eigenvalue weighted by Gasteiger charge is -2.15. The Morgan fingerprint density at radius 2 is 1.62 bits per heavy atom. The van der Waals surface area contributed by atoms with Gasteiger partial charge in [-0.3, -0.25) is 0 Å². The van der Waals surface area contributed by atoms with E-state index in [4.69, 9.17) is 65.8 Å². The molecule has 32 heavy (non-hydrogen) atoms. The third-order valence-electron chi connectivity index (χ3n) is 3.76. The third-order valence-corrected chi connectivity index (χ3v) is 4.63. The first-order valence-electron chi connectivity index (χ1n) is 8.90. The normalized spacial score (nSPS) is 11.8. The smallest absolute Gasteiger partial charge is 0.437 e. The Balaban J connectivity index is 1.92. The van der Waals surface area contributed by atoms with Crippen molar-refractivity contribution in [2.45, 2.75) is 12.6 Å². The number of ether oxygens (including phenoxy) is 3. The van der Waals surface area contributed by atoms with Crippen LogP contribution in [0.5, 0.6) is 17.2 Å². The fraction of sp³-hybridized carbons (Fsp3) is 0.250. The Bertz CT molecular complexity index is 957. The average molecular weight is 533 g/mol. The minimum Gasteiger partial charge on any atom is -0.493 e. The number of halogens is 7. The number of rotatable bonds is 10. The molecule has 0 heterocycles. The van der Waals surface area contributed by atoms with Gasteiger partial charge in [0.15, 0.2) is 11.5 Å². The minimum atomic E-state index is -4.84. The van der Waals surface area contributed by atoms with Gasteiger partial charge in [-0.25, -0.2) is 0 Å². The molecule has 0 spiro atoms. The third kappa shape index (κ3) is 7.85. The largest absolute Gasteiger partial charge is 0.493 e. The lowest BCUT2D eigenvalue weighted by atomic mass is 10.1. The van der Waals surface area contributed by atoms with Crippen LogP contribution in [0, 0.1) is 0 Å². The summed E-state index contributed by atoms with van der Waals surface area (Å²) in [6.07, 6.45) is -3.10. The van der Waals surface area contributed by atoms with Gasteiger partial charge in [0.05, 0.1) is 28.8 Å². The summed E-state index contributed by atoms with van der Waals surface area (Å²) in [6.45, 7) is 0.257. The molecule has 0 fully saturated rings. The number of hydrogen-bond donors (Lipinski definition) is 1. The second kappa shape index (κ2) is 12.3. The molecule has 0 atom stereocenters. The molecule has 0 radical (unpaired) electrons. The van der Waals surface area contributed by atoms with E-state index in [1.54, 1.807) is 0 Å². The minimum absolute atomic E-state index is 0.0233. The van der Waals surface area contributed by atoms with Gasteiger partial charge < -0.3 is 19.4 Å². The zero-order chi connectivity index (χ0) is 23.7. The van der Waals surface area contributed by atoms with Gasteiger partial charge in [-0.1, -0.05) is 63.7 Å². The molecule has 5 nitrogen and oxygen atoms in total. The van der Waals surface area contributed by atoms with E-state index in [0.29, 0.717) is 12.2 Å². The topological polar surface area (TPSA) is 60.3 Å². The molecule has 2 aromatic carbocycles. The number of alkyl halides is 3. The number of nitrogens with zero attached hydrogens (tertiary/aromatic N) is 1. The second-order valence-corrected chi connectivity index (χ2v) is 7.84. The summed E-state index contributed by atoms with van der Waals surface area (Å²) in [5.41, 5.74) is -1.83. The lowest BCUT2D eigenvalue weighted by molar-refractivity contribution is -0.0602. The maximum atomic E-state index is 13.0. The SMILES string of the molecule is O/N=C(/c1ccccc1OCCCOc1c(Cl)cc(OCC=C(Cl)Cl)cc1Cl)C(F)(F)F. The van der Waals surface area contributed by atoms with E-state index in [-0.39, 0.29) is 51.4 Å². The predicted octanol–water partition coefficient (Wildman–Crippen LogP) is 7.28. The predicted molar refractivity (Wildman–Crippen MR) is 118 cm³/mol. The fourth-order valence-corrected chi connectivity index (χ4v) is 3.13. The summed E-state index contributed by atoms with van der Waals surface area (Å²) in [7, 11) is 0. The van der Waals surface area contributed by atoms with Crippen molar-refractivity contribution in [2.75, 3.05) is 19.8 Å². The number of hydrogen-bond acceptors (Lipinski definition) is 5. The highest BCUT2D eigenvalue weighted by atomic mass is 35.5. The van der Waals surface area contributed by atoms with Crippen LogP contribution >= 0.6 is 46.4 Å². The molecular formula is C20H16Cl4F3NO4. The van der Waals surface area contributed by atoms with E-state index >= 15 is 0 Å². The summed E-state index contributed by atoms with van der Waals surface area (Å²) in [5.74, 6) is 0.518. The van der Waals surface area contributed by atoms with Gasteiger partial charge in [-0.05, 0) is 18.2 Å². The van der Waals surface area contributed by atoms with Gasteiger partial charge >= 0.3 is 6.18 Å². The molecule has 0 aliphatic carbocycles. The highest BCUT2D eigenvalue weighted by Crippen LogP contribution is 2.37. The highest BCUT2D eigenvalue weighted by Gasteiger charge is 2.39. The van der Waals surface area contributed by atoms with Crippen molar-refractivity contribution in [1.82, 2.24) is 0 Å². The summed E-state index contributed by atoms with van der Waals surface area (Å²) in [6, 6.07) is 8.36. The Morgan fingerprint density at radius 3 is 2.22 bits per heavy atom. The van der Waals surface area contributed by atoms with Crippen LogP contribution in [0.3, 0.4) is 0 Å². The van der Waals surface area contributed by atoms with Crippen LogP contribution in [0.25, 0.3) is 0 Å². The fourth-order valence-electron chi connectivity index (χ4n) is 2.43. The monoisotopic (exact) mass is 531 g/mol. The molecule has 0 aliphatic heterocycles. The van der Waals surface area contributed by atoms with Gasteiger partial charge in [-0.15, -0.1) is 0 Å². The highest BCUT2D eigenvalue weighted by molar-refractivity contribution is 6.55. The summed E-state index contributed by atoms with van der Waals surface area (Å²) < 4.78 is 55.5. The maximum Gasteiger partial charge on any atom is 0.437 e. The van der Waals surface area contributed by atoms with Gasteiger partial charge in [0.2, 0.25) is 0 Å². The molecule has 174 valence electrons. The number of para-hydroxylation sites is 1. The van der Waals surface area contributed by atoms with Crippen LogP contribution in [-0.2, 0) is 0 Å². The summed E-state index contributed by atoms with van der Waals surface area (Å²) >= 11 is 23.3. The van der Waals surface area contributed by atoms with Gasteiger partial charge in [0.1, 0.15) is 22.6 Å². The number of benzene rings is 2. The molecule has 0 saturated heterocycles. The van der Waals surface area contributed by atoms with Crippen LogP contribution in [-0.4, -0.2) is 36.9 Å². The Morgan fingerprint density at radius 1 is 1.00 bits per heavy atom. The van der Waals surface area contributed by atoms with E-state index in [2.05, 4.69) is 5.16 Å². The molecule has 0 aromatic heterocycles. The average Bonchev–Trinajstić information content (AvgIpc) is 2.69. The first kappa shape index (κ1) is 26.3. The van der Waals surface area contributed by atoms with Crippen molar-refractivity contribution in [3.05, 3.63) is 62.6 Å². The van der Waals surface area contributed by atoms with Crippen molar-refractivity contribution in [3.63, 3.8) is 0 Å². The van der Waals surface area contributed by atoms with E-state index in [0.717, 1.165) is 6.07 Å². The van der Waals surface area contributed by atoms with E-state index in [9.17, 15) is 13.2 Å². The van der Waals surface area contributed by atoms with Crippen LogP contribution in [0.15, 0.2) is 52.1 Å². The van der Waals surface area contributed by atoms with Gasteiger partial charge in [-0.2, -0.15) is 13.2 Å². The van der Waals surface area contributed by atoms with Crippen molar-refractivity contribution < 1.29 is 32.6 Å². The van der Waals surface area contributed by atoms with Crippen molar-refractivity contribution in [2.24, 2.45) is 5.16 Å². The molecule has 12 heteroatoms. The van der Waals surface area contributed by atoms with E-state index in [1.165, 1.54) is 36.4 Å². The molecular weight excluding hydrogens is 517 g/mol. The van der Waals surface area contributed by atoms with Crippen molar-refractivity contribution in [1.29, 1.82) is 0 Å². The molecule has 0 unspecified atom stereocenters. The lowest BCUT2D eigenvalue weighted by Crippen LogP contribution is -2.24. The van der Waals surface area contributed by atoms with Crippen molar-refractivity contribution >= 4 is 52.1 Å². The Kier molecular flexibility index (Phi) is 10.1. The summed E-state index contributed by atoms with van der Waals surface area (Å²) in [5, 5.41) is 11.5. The van der Waals surface area contributed by atoms with E-state index in [1.807, 2.05) is 0 Å². The van der Waals surface area contributed by atoms with E-state index < -0.39 is 11.9 Å². The van der Waals surface area contributed by atoms with Gasteiger partial charge in [0, 0.05) is 18.6 Å². The Labute approximate surface area is 201 Å². The van der Waals surface area contributed by atoms with Crippen molar-refractivity contribution in [3.8, 4) is 17.2 Å². The van der Waals surface area contributed by atoms with Crippen LogP contribution in [0.1, 0.15) is 12.0 Å². The standard InChI is InChI=1S/C20H16Cl4F3NO4/c21-14-10-12(30-9-6-17(23)24)11-15(22)18(14)32-8-3-7-31-16-5-2-1-4-13(16)19(28-29)20(25,26)27/h1-2,4-6,10-11,29H,3,7-9H2/b28-19-. The van der Waals surface area contributed by atoms with Crippen LogP contribution in [0.4, 0.5) is 13.2 Å². The zero-order valence-electron chi connectivity index (χ0n) is 16.1. The van der Waals surface area contributed by atoms with Crippen LogP contribution in [0.2, 0.25) is 10.0 Å². The molecule has 0 saturated carbocycles. The molecule has 2 rings (SSSR count). The van der Waals surface area contributed by atoms with Gasteiger partial charge in [0.25, 0.3) is 0 Å². The maximum absolute atomic E-state index is 13.0. The first-order chi connectivity index (χ1) is 15.1. The Hall–Kier alpha value is -2.00.